The Morgan fingerprint density at radius 3 is 2.23 bits per heavy atom. The van der Waals surface area contributed by atoms with E-state index in [-0.39, 0.29) is 18.0 Å². The molecular formula is C33H28N2O5S3. The summed E-state index contributed by atoms with van der Waals surface area (Å²) in [7, 11) is 1.40. The number of carbonyl (C=O) groups excluding carboxylic acids is 3. The van der Waals surface area contributed by atoms with Crippen molar-refractivity contribution in [1.29, 1.82) is 0 Å². The van der Waals surface area contributed by atoms with Gasteiger partial charge in [0.15, 0.2) is 6.10 Å². The molecule has 218 valence electrons. The molecular weight excluding hydrogens is 601 g/mol. The molecule has 43 heavy (non-hydrogen) atoms. The van der Waals surface area contributed by atoms with Gasteiger partial charge in [0.05, 0.1) is 6.42 Å². The fourth-order valence-corrected chi connectivity index (χ4v) is 7.89. The van der Waals surface area contributed by atoms with Crippen LogP contribution in [0.2, 0.25) is 0 Å². The molecule has 1 fully saturated rings. The second-order valence-electron chi connectivity index (χ2n) is 9.91. The lowest BCUT2D eigenvalue weighted by Gasteiger charge is -2.55. The van der Waals surface area contributed by atoms with Gasteiger partial charge in [-0.2, -0.15) is 0 Å². The third-order valence-corrected chi connectivity index (χ3v) is 10.3. The van der Waals surface area contributed by atoms with Gasteiger partial charge in [0.25, 0.3) is 11.6 Å². The van der Waals surface area contributed by atoms with Gasteiger partial charge in [0, 0.05) is 22.6 Å². The largest absolute Gasteiger partial charge is 0.448 e. The summed E-state index contributed by atoms with van der Waals surface area (Å²) < 4.78 is 11.9. The molecule has 2 aliphatic heterocycles. The summed E-state index contributed by atoms with van der Waals surface area (Å²) in [5.41, 5.74) is 0.830. The van der Waals surface area contributed by atoms with E-state index in [0.29, 0.717) is 11.3 Å². The summed E-state index contributed by atoms with van der Waals surface area (Å²) in [6.45, 7) is 0. The van der Waals surface area contributed by atoms with Crippen LogP contribution in [0.3, 0.4) is 0 Å². The van der Waals surface area contributed by atoms with Gasteiger partial charge in [-0.3, -0.25) is 14.5 Å². The van der Waals surface area contributed by atoms with Gasteiger partial charge in [-0.15, -0.1) is 34.4 Å². The van der Waals surface area contributed by atoms with E-state index in [0.717, 1.165) is 20.9 Å². The number of β-lactam (4-membered cyclic amide) rings is 1. The summed E-state index contributed by atoms with van der Waals surface area (Å²) in [6.07, 6.45) is 3.23. The van der Waals surface area contributed by atoms with Crippen LogP contribution < -0.4 is 5.32 Å². The van der Waals surface area contributed by atoms with Crippen molar-refractivity contribution in [2.75, 3.05) is 12.9 Å². The quantitative estimate of drug-likeness (QED) is 0.131. The molecule has 1 N–H and O–H groups in total. The van der Waals surface area contributed by atoms with Gasteiger partial charge < -0.3 is 14.8 Å². The summed E-state index contributed by atoms with van der Waals surface area (Å²) in [5, 5.41) is 6.06. The van der Waals surface area contributed by atoms with Crippen molar-refractivity contribution in [3.05, 3.63) is 134 Å². The molecule has 2 aliphatic rings. The maximum Gasteiger partial charge on any atom is 0.356 e. The van der Waals surface area contributed by atoms with Crippen molar-refractivity contribution in [2.24, 2.45) is 0 Å². The maximum absolute atomic E-state index is 14.2. The van der Waals surface area contributed by atoms with Crippen LogP contribution in [0.5, 0.6) is 0 Å². The number of allylic oxidation sites excluding steroid dienone is 1. The zero-order chi connectivity index (χ0) is 29.8. The highest BCUT2D eigenvalue weighted by atomic mass is 32.2. The van der Waals surface area contributed by atoms with Crippen LogP contribution in [-0.2, 0) is 30.3 Å². The van der Waals surface area contributed by atoms with Crippen LogP contribution in [0.25, 0.3) is 6.08 Å². The maximum atomic E-state index is 14.2. The SMILES string of the molecule is CO[C@@]1(NC(=O)Cc2cccs2)C(=O)N2C(C(=O)OC(c3ccccc3)c3ccccc3)=C(/C=C/c3cccs3)CS[C@@H]21. The normalized spacial score (nSPS) is 19.8. The summed E-state index contributed by atoms with van der Waals surface area (Å²) in [5.74, 6) is -1.07. The number of nitrogens with one attached hydrogen (secondary N) is 1. The van der Waals surface area contributed by atoms with Gasteiger partial charge in [0.1, 0.15) is 11.1 Å². The Kier molecular flexibility index (Phi) is 8.62. The third-order valence-electron chi connectivity index (χ3n) is 7.24. The first kappa shape index (κ1) is 29.1. The number of rotatable bonds is 10. The predicted molar refractivity (Wildman–Crippen MR) is 170 cm³/mol. The van der Waals surface area contributed by atoms with E-state index in [1.807, 2.05) is 108 Å². The second kappa shape index (κ2) is 12.7. The Balaban J connectivity index is 1.33. The van der Waals surface area contributed by atoms with Crippen LogP contribution in [0.1, 0.15) is 27.0 Å². The van der Waals surface area contributed by atoms with Gasteiger partial charge in [-0.05, 0) is 45.7 Å². The monoisotopic (exact) mass is 628 g/mol. The van der Waals surface area contributed by atoms with E-state index >= 15 is 0 Å². The molecule has 0 spiro atoms. The number of hydrogen-bond donors (Lipinski definition) is 1. The average Bonchev–Trinajstić information content (AvgIpc) is 3.76. The summed E-state index contributed by atoms with van der Waals surface area (Å²) in [4.78, 5) is 44.4. The molecule has 4 aromatic rings. The predicted octanol–water partition coefficient (Wildman–Crippen LogP) is 6.03. The number of thioether (sulfide) groups is 1. The number of carbonyl (C=O) groups is 3. The number of benzene rings is 2. The van der Waals surface area contributed by atoms with Crippen molar-refractivity contribution in [1.82, 2.24) is 10.2 Å². The Morgan fingerprint density at radius 2 is 1.63 bits per heavy atom. The van der Waals surface area contributed by atoms with Gasteiger partial charge in [-0.25, -0.2) is 4.79 Å². The fraction of sp³-hybridized carbons (Fsp3) is 0.182. The molecule has 0 unspecified atom stereocenters. The molecule has 4 heterocycles. The average molecular weight is 629 g/mol. The molecule has 0 bridgehead atoms. The highest BCUT2D eigenvalue weighted by Gasteiger charge is 2.66. The smallest absolute Gasteiger partial charge is 0.356 e. The molecule has 7 nitrogen and oxygen atoms in total. The van der Waals surface area contributed by atoms with E-state index in [2.05, 4.69) is 5.32 Å². The van der Waals surface area contributed by atoms with Crippen LogP contribution in [0.4, 0.5) is 0 Å². The van der Waals surface area contributed by atoms with E-state index < -0.39 is 29.1 Å². The van der Waals surface area contributed by atoms with Crippen molar-refractivity contribution < 1.29 is 23.9 Å². The minimum atomic E-state index is -1.59. The molecule has 1 saturated heterocycles. The first-order valence-corrected chi connectivity index (χ1v) is 16.4. The first-order valence-electron chi connectivity index (χ1n) is 13.6. The van der Waals surface area contributed by atoms with Crippen LogP contribution >= 0.6 is 34.4 Å². The van der Waals surface area contributed by atoms with Crippen LogP contribution in [0.15, 0.2) is 113 Å². The van der Waals surface area contributed by atoms with E-state index in [4.69, 9.17) is 9.47 Å². The number of fused-ring (bicyclic) bond motifs is 1. The lowest BCUT2D eigenvalue weighted by atomic mass is 9.97. The Morgan fingerprint density at radius 1 is 0.953 bits per heavy atom. The minimum absolute atomic E-state index is 0.128. The second-order valence-corrected chi connectivity index (χ2v) is 13.0. The number of amides is 2. The Labute approximate surface area is 261 Å². The van der Waals surface area contributed by atoms with Crippen molar-refractivity contribution in [3.8, 4) is 0 Å². The van der Waals surface area contributed by atoms with E-state index in [1.165, 1.54) is 35.1 Å². The number of thiophene rings is 2. The third kappa shape index (κ3) is 5.83. The lowest BCUT2D eigenvalue weighted by Crippen LogP contribution is -2.80. The van der Waals surface area contributed by atoms with Gasteiger partial charge >= 0.3 is 5.97 Å². The molecule has 0 saturated carbocycles. The number of hydrogen-bond acceptors (Lipinski definition) is 8. The highest BCUT2D eigenvalue weighted by Crippen LogP contribution is 2.47. The number of nitrogens with zero attached hydrogens (tertiary/aromatic N) is 1. The number of methoxy groups -OCH3 is 1. The molecule has 0 radical (unpaired) electrons. The minimum Gasteiger partial charge on any atom is -0.448 e. The van der Waals surface area contributed by atoms with Gasteiger partial charge in [-0.1, -0.05) is 78.9 Å². The Bertz CT molecular complexity index is 1610. The van der Waals surface area contributed by atoms with Crippen molar-refractivity contribution in [2.45, 2.75) is 23.6 Å². The fourth-order valence-electron chi connectivity index (χ4n) is 5.16. The standard InChI is InChI=1S/C33H28N2O5S3/c1-39-33(34-27(36)20-26-15-9-19-42-26)31(38)35-28(24(21-43-32(33)35)16-17-25-14-8-18-41-25)30(37)40-29(22-10-4-2-5-11-22)23-12-6-3-7-13-23/h2-19,29,32H,20-21H2,1H3,(H,34,36)/b17-16+/t32-,33+/m1/s1. The topological polar surface area (TPSA) is 84.9 Å². The lowest BCUT2D eigenvalue weighted by molar-refractivity contribution is -0.193. The molecule has 2 aromatic heterocycles. The van der Waals surface area contributed by atoms with Crippen LogP contribution in [0, 0.1) is 0 Å². The Hall–Kier alpha value is -3.96. The summed E-state index contributed by atoms with van der Waals surface area (Å²) in [6, 6.07) is 26.7. The zero-order valence-electron chi connectivity index (χ0n) is 23.2. The molecule has 2 aromatic carbocycles. The molecule has 0 aliphatic carbocycles. The summed E-state index contributed by atoms with van der Waals surface area (Å²) >= 11 is 4.47. The molecule has 10 heteroatoms. The molecule has 2 amide bonds. The molecule has 6 rings (SSSR count). The highest BCUT2D eigenvalue weighted by molar-refractivity contribution is 8.00. The van der Waals surface area contributed by atoms with E-state index in [9.17, 15) is 14.4 Å². The van der Waals surface area contributed by atoms with Crippen molar-refractivity contribution in [3.63, 3.8) is 0 Å². The first-order chi connectivity index (χ1) is 21.0. The zero-order valence-corrected chi connectivity index (χ0v) is 25.6. The number of ether oxygens (including phenoxy) is 2. The van der Waals surface area contributed by atoms with Gasteiger partial charge in [0.2, 0.25) is 5.91 Å². The number of esters is 1. The van der Waals surface area contributed by atoms with E-state index in [1.54, 1.807) is 11.3 Å². The van der Waals surface area contributed by atoms with Crippen LogP contribution in [-0.4, -0.2) is 46.6 Å². The molecule has 2 atom stereocenters. The van der Waals surface area contributed by atoms with Crippen molar-refractivity contribution >= 4 is 58.3 Å².